The Morgan fingerprint density at radius 1 is 0.955 bits per heavy atom. The molecule has 3 aromatic rings. The molecule has 0 saturated heterocycles. The molecule has 0 atom stereocenters. The van der Waals surface area contributed by atoms with Crippen LogP contribution in [0.2, 0.25) is 0 Å². The molecule has 0 amide bonds. The standard InChI is InChI=1S/C18H20N4/c1-2-3-14-19-18-20-17(15-10-6-4-7-11-15)22(21-18)16-12-8-5-9-13-16/h4-13H,2-3,14H2,1H3,(H,19,21). The number of para-hydroxylation sites is 1. The van der Waals surface area contributed by atoms with Gasteiger partial charge in [-0.2, -0.15) is 4.98 Å². The first-order valence-electron chi connectivity index (χ1n) is 7.70. The van der Waals surface area contributed by atoms with E-state index in [1.807, 2.05) is 53.2 Å². The predicted molar refractivity (Wildman–Crippen MR) is 90.2 cm³/mol. The number of nitrogens with one attached hydrogen (secondary N) is 1. The molecule has 2 aromatic carbocycles. The lowest BCUT2D eigenvalue weighted by molar-refractivity contribution is 0.820. The highest BCUT2D eigenvalue weighted by Gasteiger charge is 2.12. The van der Waals surface area contributed by atoms with Gasteiger partial charge in [0.05, 0.1) is 5.69 Å². The van der Waals surface area contributed by atoms with Crippen molar-refractivity contribution < 1.29 is 0 Å². The quantitative estimate of drug-likeness (QED) is 0.694. The number of aromatic nitrogens is 3. The van der Waals surface area contributed by atoms with Crippen molar-refractivity contribution in [2.45, 2.75) is 19.8 Å². The van der Waals surface area contributed by atoms with E-state index in [4.69, 9.17) is 0 Å². The Morgan fingerprint density at radius 3 is 2.32 bits per heavy atom. The molecule has 3 rings (SSSR count). The monoisotopic (exact) mass is 292 g/mol. The van der Waals surface area contributed by atoms with Gasteiger partial charge in [0.15, 0.2) is 5.82 Å². The number of benzene rings is 2. The third-order valence-electron chi connectivity index (χ3n) is 3.45. The minimum absolute atomic E-state index is 0.677. The van der Waals surface area contributed by atoms with Crippen LogP contribution in [0.1, 0.15) is 19.8 Å². The fourth-order valence-corrected chi connectivity index (χ4v) is 2.29. The Bertz CT molecular complexity index is 647. The van der Waals surface area contributed by atoms with Gasteiger partial charge in [0.1, 0.15) is 0 Å². The van der Waals surface area contributed by atoms with Gasteiger partial charge in [-0.25, -0.2) is 4.68 Å². The van der Waals surface area contributed by atoms with Crippen LogP contribution in [-0.2, 0) is 0 Å². The molecule has 1 N–H and O–H groups in total. The molecule has 22 heavy (non-hydrogen) atoms. The van der Waals surface area contributed by atoms with Gasteiger partial charge in [0, 0.05) is 12.1 Å². The van der Waals surface area contributed by atoms with Crippen LogP contribution in [0.5, 0.6) is 0 Å². The van der Waals surface area contributed by atoms with Crippen LogP contribution >= 0.6 is 0 Å². The lowest BCUT2D eigenvalue weighted by Gasteiger charge is -2.05. The van der Waals surface area contributed by atoms with Crippen LogP contribution in [0, 0.1) is 0 Å². The van der Waals surface area contributed by atoms with Crippen molar-refractivity contribution in [3.05, 3.63) is 60.7 Å². The number of rotatable bonds is 6. The second-order valence-electron chi connectivity index (χ2n) is 5.15. The molecule has 1 aromatic heterocycles. The van der Waals surface area contributed by atoms with Gasteiger partial charge in [-0.15, -0.1) is 5.10 Å². The summed E-state index contributed by atoms with van der Waals surface area (Å²) < 4.78 is 1.89. The third kappa shape index (κ3) is 3.17. The molecule has 0 saturated carbocycles. The van der Waals surface area contributed by atoms with Gasteiger partial charge in [-0.1, -0.05) is 61.9 Å². The minimum Gasteiger partial charge on any atom is -0.353 e. The summed E-state index contributed by atoms with van der Waals surface area (Å²) in [5, 5.41) is 7.93. The van der Waals surface area contributed by atoms with E-state index in [-0.39, 0.29) is 0 Å². The Kier molecular flexibility index (Phi) is 4.49. The molecular formula is C18H20N4. The summed E-state index contributed by atoms with van der Waals surface area (Å²) in [5.74, 6) is 1.53. The highest BCUT2D eigenvalue weighted by atomic mass is 15.4. The van der Waals surface area contributed by atoms with Crippen LogP contribution in [0.4, 0.5) is 5.95 Å². The Labute approximate surface area is 130 Å². The largest absolute Gasteiger partial charge is 0.353 e. The summed E-state index contributed by atoms with van der Waals surface area (Å²) >= 11 is 0. The summed E-state index contributed by atoms with van der Waals surface area (Å²) in [5.41, 5.74) is 2.07. The fourth-order valence-electron chi connectivity index (χ4n) is 2.29. The molecule has 0 spiro atoms. The van der Waals surface area contributed by atoms with Crippen LogP contribution in [0.25, 0.3) is 17.1 Å². The Morgan fingerprint density at radius 2 is 1.64 bits per heavy atom. The zero-order valence-corrected chi connectivity index (χ0v) is 12.7. The maximum Gasteiger partial charge on any atom is 0.243 e. The molecule has 1 heterocycles. The van der Waals surface area contributed by atoms with Crippen LogP contribution in [0.3, 0.4) is 0 Å². The average Bonchev–Trinajstić information content (AvgIpc) is 3.01. The zero-order chi connectivity index (χ0) is 15.2. The van der Waals surface area contributed by atoms with E-state index >= 15 is 0 Å². The maximum absolute atomic E-state index is 4.67. The van der Waals surface area contributed by atoms with E-state index in [1.165, 1.54) is 0 Å². The summed E-state index contributed by atoms with van der Waals surface area (Å²) in [4.78, 5) is 4.67. The smallest absolute Gasteiger partial charge is 0.243 e. The van der Waals surface area contributed by atoms with E-state index in [0.717, 1.165) is 36.5 Å². The SMILES string of the molecule is CCCCNc1nc(-c2ccccc2)n(-c2ccccc2)n1. The fraction of sp³-hybridized carbons (Fsp3) is 0.222. The van der Waals surface area contributed by atoms with Crippen molar-refractivity contribution >= 4 is 5.95 Å². The first kappa shape index (κ1) is 14.3. The number of anilines is 1. The summed E-state index contributed by atoms with van der Waals surface area (Å²) in [7, 11) is 0. The lowest BCUT2D eigenvalue weighted by atomic mass is 10.2. The van der Waals surface area contributed by atoms with Crippen LogP contribution < -0.4 is 5.32 Å². The molecule has 0 radical (unpaired) electrons. The van der Waals surface area contributed by atoms with Gasteiger partial charge in [0.2, 0.25) is 5.95 Å². The van der Waals surface area contributed by atoms with E-state index in [2.05, 4.69) is 34.5 Å². The van der Waals surface area contributed by atoms with Gasteiger partial charge in [-0.05, 0) is 18.6 Å². The molecule has 0 unspecified atom stereocenters. The van der Waals surface area contributed by atoms with Crippen molar-refractivity contribution in [3.8, 4) is 17.1 Å². The highest BCUT2D eigenvalue weighted by molar-refractivity contribution is 5.59. The average molecular weight is 292 g/mol. The van der Waals surface area contributed by atoms with Crippen molar-refractivity contribution in [2.75, 3.05) is 11.9 Å². The molecule has 4 nitrogen and oxygen atoms in total. The Hall–Kier alpha value is -2.62. The maximum atomic E-state index is 4.67. The summed E-state index contributed by atoms with van der Waals surface area (Å²) in [6.07, 6.45) is 2.26. The first-order valence-corrected chi connectivity index (χ1v) is 7.70. The molecule has 0 fully saturated rings. The topological polar surface area (TPSA) is 42.7 Å². The molecule has 0 aliphatic carbocycles. The van der Waals surface area contributed by atoms with Crippen molar-refractivity contribution in [3.63, 3.8) is 0 Å². The van der Waals surface area contributed by atoms with Crippen molar-refractivity contribution in [2.24, 2.45) is 0 Å². The van der Waals surface area contributed by atoms with Crippen LogP contribution in [0.15, 0.2) is 60.7 Å². The normalized spacial score (nSPS) is 10.6. The molecule has 112 valence electrons. The van der Waals surface area contributed by atoms with Gasteiger partial charge < -0.3 is 5.32 Å². The minimum atomic E-state index is 0.677. The molecule has 0 aliphatic heterocycles. The van der Waals surface area contributed by atoms with E-state index in [0.29, 0.717) is 5.95 Å². The van der Waals surface area contributed by atoms with E-state index in [9.17, 15) is 0 Å². The van der Waals surface area contributed by atoms with E-state index in [1.54, 1.807) is 0 Å². The number of hydrogen-bond acceptors (Lipinski definition) is 3. The van der Waals surface area contributed by atoms with Crippen LogP contribution in [-0.4, -0.2) is 21.3 Å². The van der Waals surface area contributed by atoms with E-state index < -0.39 is 0 Å². The third-order valence-corrected chi connectivity index (χ3v) is 3.45. The molecular weight excluding hydrogens is 272 g/mol. The van der Waals surface area contributed by atoms with Gasteiger partial charge in [0.25, 0.3) is 0 Å². The molecule has 0 aliphatic rings. The second kappa shape index (κ2) is 6.89. The van der Waals surface area contributed by atoms with Gasteiger partial charge >= 0.3 is 0 Å². The second-order valence-corrected chi connectivity index (χ2v) is 5.15. The van der Waals surface area contributed by atoms with Crippen molar-refractivity contribution in [1.82, 2.24) is 14.8 Å². The van der Waals surface area contributed by atoms with Gasteiger partial charge in [-0.3, -0.25) is 0 Å². The summed E-state index contributed by atoms with van der Waals surface area (Å²) in [6, 6.07) is 20.3. The zero-order valence-electron chi connectivity index (χ0n) is 12.7. The first-order chi connectivity index (χ1) is 10.9. The summed E-state index contributed by atoms with van der Waals surface area (Å²) in [6.45, 7) is 3.07. The number of nitrogens with zero attached hydrogens (tertiary/aromatic N) is 3. The lowest BCUT2D eigenvalue weighted by Crippen LogP contribution is -2.03. The molecule has 4 heteroatoms. The Balaban J connectivity index is 1.99. The predicted octanol–water partition coefficient (Wildman–Crippen LogP) is 4.15. The van der Waals surface area contributed by atoms with Crippen molar-refractivity contribution in [1.29, 1.82) is 0 Å². The molecule has 0 bridgehead atoms. The number of hydrogen-bond donors (Lipinski definition) is 1. The number of unbranched alkanes of at least 4 members (excludes halogenated alkanes) is 1. The highest BCUT2D eigenvalue weighted by Crippen LogP contribution is 2.22.